The lowest BCUT2D eigenvalue weighted by Crippen LogP contribution is -1.85. The van der Waals surface area contributed by atoms with E-state index >= 15 is 0 Å². The van der Waals surface area contributed by atoms with Crippen LogP contribution in [0.3, 0.4) is 0 Å². The molecule has 1 aromatic carbocycles. The van der Waals surface area contributed by atoms with Crippen LogP contribution in [0.4, 0.5) is 4.39 Å². The Morgan fingerprint density at radius 3 is 2.48 bits per heavy atom. The van der Waals surface area contributed by atoms with E-state index in [0.717, 1.165) is 12.0 Å². The van der Waals surface area contributed by atoms with Gasteiger partial charge >= 0.3 is 0 Å². The van der Waals surface area contributed by atoms with Crippen molar-refractivity contribution in [3.05, 3.63) is 80.9 Å². The molecular formula is C19H13FS3. The van der Waals surface area contributed by atoms with Crippen LogP contribution in [0, 0.1) is 5.82 Å². The first kappa shape index (κ1) is 14.8. The standard InChI is InChI=1S/C19H13FS3/c20-16-5-3-13(4-6-16)19-15(10-17-2-1-8-22-17)11-18(23-19)14-7-9-21-12-14/h1-9,11-12H,10H2. The van der Waals surface area contributed by atoms with Gasteiger partial charge in [0.25, 0.3) is 0 Å². The molecule has 3 heterocycles. The van der Waals surface area contributed by atoms with Crippen molar-refractivity contribution in [1.29, 1.82) is 0 Å². The summed E-state index contributed by atoms with van der Waals surface area (Å²) in [4.78, 5) is 3.86. The average Bonchev–Trinajstić information content (AvgIpc) is 3.30. The lowest BCUT2D eigenvalue weighted by molar-refractivity contribution is 0.628. The van der Waals surface area contributed by atoms with Gasteiger partial charge in [0.1, 0.15) is 5.82 Å². The number of benzene rings is 1. The first-order chi connectivity index (χ1) is 11.3. The summed E-state index contributed by atoms with van der Waals surface area (Å²) in [5.74, 6) is -0.192. The van der Waals surface area contributed by atoms with Gasteiger partial charge in [-0.2, -0.15) is 11.3 Å². The average molecular weight is 357 g/mol. The van der Waals surface area contributed by atoms with Gasteiger partial charge in [-0.3, -0.25) is 0 Å². The fraction of sp³-hybridized carbons (Fsp3) is 0.0526. The highest BCUT2D eigenvalue weighted by Crippen LogP contribution is 2.40. The zero-order chi connectivity index (χ0) is 15.6. The SMILES string of the molecule is Fc1ccc(-c2sc(-c3ccsc3)cc2Cc2cccs2)cc1. The van der Waals surface area contributed by atoms with Gasteiger partial charge in [0, 0.05) is 26.6 Å². The minimum Gasteiger partial charge on any atom is -0.207 e. The first-order valence-corrected chi connectivity index (χ1v) is 9.87. The summed E-state index contributed by atoms with van der Waals surface area (Å²) >= 11 is 5.28. The number of hydrogen-bond acceptors (Lipinski definition) is 3. The smallest absolute Gasteiger partial charge is 0.123 e. The van der Waals surface area contributed by atoms with E-state index in [0.29, 0.717) is 0 Å². The maximum Gasteiger partial charge on any atom is 0.123 e. The largest absolute Gasteiger partial charge is 0.207 e. The minimum atomic E-state index is -0.192. The van der Waals surface area contributed by atoms with Crippen molar-refractivity contribution in [2.75, 3.05) is 0 Å². The number of hydrogen-bond donors (Lipinski definition) is 0. The highest BCUT2D eigenvalue weighted by Gasteiger charge is 2.14. The summed E-state index contributed by atoms with van der Waals surface area (Å²) in [7, 11) is 0. The fourth-order valence-corrected chi connectivity index (χ4v) is 5.19. The zero-order valence-corrected chi connectivity index (χ0v) is 14.6. The van der Waals surface area contributed by atoms with Crippen LogP contribution in [0.5, 0.6) is 0 Å². The van der Waals surface area contributed by atoms with E-state index in [4.69, 9.17) is 0 Å². The van der Waals surface area contributed by atoms with Crippen molar-refractivity contribution in [3.63, 3.8) is 0 Å². The van der Waals surface area contributed by atoms with Gasteiger partial charge in [0.15, 0.2) is 0 Å². The first-order valence-electron chi connectivity index (χ1n) is 7.23. The summed E-state index contributed by atoms with van der Waals surface area (Å²) in [5.41, 5.74) is 3.66. The van der Waals surface area contributed by atoms with Crippen molar-refractivity contribution < 1.29 is 4.39 Å². The second-order valence-corrected chi connectivity index (χ2v) is 8.10. The summed E-state index contributed by atoms with van der Waals surface area (Å²) in [6.45, 7) is 0. The molecule has 0 amide bonds. The molecule has 0 aliphatic rings. The molecule has 0 N–H and O–H groups in total. The van der Waals surface area contributed by atoms with Gasteiger partial charge in [0.05, 0.1) is 0 Å². The number of thiophene rings is 3. The van der Waals surface area contributed by atoms with Gasteiger partial charge in [-0.05, 0) is 57.6 Å². The third kappa shape index (κ3) is 3.15. The Kier molecular flexibility index (Phi) is 4.12. The molecule has 0 aliphatic heterocycles. The van der Waals surface area contributed by atoms with E-state index in [9.17, 15) is 4.39 Å². The van der Waals surface area contributed by atoms with Crippen molar-refractivity contribution >= 4 is 34.0 Å². The fourth-order valence-electron chi connectivity index (χ4n) is 2.55. The minimum absolute atomic E-state index is 0.192. The molecular weight excluding hydrogens is 343 g/mol. The molecule has 23 heavy (non-hydrogen) atoms. The topological polar surface area (TPSA) is 0 Å². The highest BCUT2D eigenvalue weighted by molar-refractivity contribution is 7.19. The Balaban J connectivity index is 1.80. The maximum atomic E-state index is 13.2. The summed E-state index contributed by atoms with van der Waals surface area (Å²) < 4.78 is 13.2. The van der Waals surface area contributed by atoms with Crippen molar-refractivity contribution in [2.24, 2.45) is 0 Å². The monoisotopic (exact) mass is 356 g/mol. The van der Waals surface area contributed by atoms with Gasteiger partial charge in [-0.25, -0.2) is 4.39 Å². The Morgan fingerprint density at radius 1 is 0.913 bits per heavy atom. The molecule has 0 atom stereocenters. The van der Waals surface area contributed by atoms with E-state index < -0.39 is 0 Å². The zero-order valence-electron chi connectivity index (χ0n) is 12.2. The van der Waals surface area contributed by atoms with Gasteiger partial charge in [0.2, 0.25) is 0 Å². The van der Waals surface area contributed by atoms with Crippen molar-refractivity contribution in [3.8, 4) is 20.9 Å². The molecule has 0 saturated heterocycles. The quantitative estimate of drug-likeness (QED) is 0.372. The van der Waals surface area contributed by atoms with Gasteiger partial charge < -0.3 is 0 Å². The second-order valence-electron chi connectivity index (χ2n) is 5.24. The highest BCUT2D eigenvalue weighted by atomic mass is 32.1. The van der Waals surface area contributed by atoms with E-state index in [2.05, 4.69) is 40.4 Å². The van der Waals surface area contributed by atoms with E-state index in [1.165, 1.54) is 37.9 Å². The molecule has 4 heteroatoms. The lowest BCUT2D eigenvalue weighted by Gasteiger charge is -2.03. The van der Waals surface area contributed by atoms with Crippen molar-refractivity contribution in [2.45, 2.75) is 6.42 Å². The Hall–Kier alpha value is -1.75. The maximum absolute atomic E-state index is 13.2. The van der Waals surface area contributed by atoms with E-state index in [-0.39, 0.29) is 5.82 Å². The molecule has 0 radical (unpaired) electrons. The predicted molar refractivity (Wildman–Crippen MR) is 100 cm³/mol. The van der Waals surface area contributed by atoms with Crippen LogP contribution in [-0.2, 0) is 6.42 Å². The Bertz CT molecular complexity index is 885. The predicted octanol–water partition coefficient (Wildman–Crippen LogP) is 6.94. The Morgan fingerprint density at radius 2 is 1.78 bits per heavy atom. The third-order valence-corrected chi connectivity index (χ3v) is 6.50. The van der Waals surface area contributed by atoms with Crippen LogP contribution in [0.25, 0.3) is 20.9 Å². The summed E-state index contributed by atoms with van der Waals surface area (Å²) in [6.07, 6.45) is 0.922. The lowest BCUT2D eigenvalue weighted by atomic mass is 10.1. The third-order valence-electron chi connectivity index (χ3n) is 3.67. The van der Waals surface area contributed by atoms with Crippen LogP contribution >= 0.6 is 34.0 Å². The normalized spacial score (nSPS) is 11.0. The molecule has 0 saturated carbocycles. The van der Waals surface area contributed by atoms with Crippen LogP contribution in [0.15, 0.2) is 64.7 Å². The van der Waals surface area contributed by atoms with Crippen LogP contribution in [-0.4, -0.2) is 0 Å². The van der Waals surface area contributed by atoms with Gasteiger partial charge in [-0.15, -0.1) is 22.7 Å². The molecule has 114 valence electrons. The van der Waals surface area contributed by atoms with Gasteiger partial charge in [-0.1, -0.05) is 18.2 Å². The molecule has 0 nitrogen and oxygen atoms in total. The molecule has 0 unspecified atom stereocenters. The molecule has 0 spiro atoms. The molecule has 4 rings (SSSR count). The molecule has 4 aromatic rings. The van der Waals surface area contributed by atoms with Crippen LogP contribution in [0.1, 0.15) is 10.4 Å². The van der Waals surface area contributed by atoms with Crippen LogP contribution in [0.2, 0.25) is 0 Å². The van der Waals surface area contributed by atoms with E-state index in [1.807, 2.05) is 12.1 Å². The molecule has 0 bridgehead atoms. The second kappa shape index (κ2) is 6.40. The molecule has 0 aliphatic carbocycles. The molecule has 3 aromatic heterocycles. The van der Waals surface area contributed by atoms with E-state index in [1.54, 1.807) is 34.0 Å². The summed E-state index contributed by atoms with van der Waals surface area (Å²) in [5, 5.41) is 6.39. The number of rotatable bonds is 4. The molecule has 0 fully saturated rings. The van der Waals surface area contributed by atoms with Crippen LogP contribution < -0.4 is 0 Å². The summed E-state index contributed by atoms with van der Waals surface area (Å²) in [6, 6.07) is 15.5. The van der Waals surface area contributed by atoms with Crippen molar-refractivity contribution in [1.82, 2.24) is 0 Å². The Labute approximate surface area is 146 Å². The number of halogens is 1.